The van der Waals surface area contributed by atoms with Gasteiger partial charge < -0.3 is 10.6 Å². The Labute approximate surface area is 129 Å². The third kappa shape index (κ3) is 2.83. The SMILES string of the molecule is Cc1cc2c(c(C)c1C(F)(F)F)N(CC1CC1)CCCC2N. The van der Waals surface area contributed by atoms with Crippen LogP contribution in [0.3, 0.4) is 0 Å². The van der Waals surface area contributed by atoms with Crippen molar-refractivity contribution >= 4 is 5.69 Å². The van der Waals surface area contributed by atoms with E-state index in [-0.39, 0.29) is 11.6 Å². The maximum absolute atomic E-state index is 13.4. The Balaban J connectivity index is 2.15. The summed E-state index contributed by atoms with van der Waals surface area (Å²) < 4.78 is 40.3. The molecule has 1 unspecified atom stereocenters. The zero-order valence-electron chi connectivity index (χ0n) is 13.1. The molecule has 22 heavy (non-hydrogen) atoms. The van der Waals surface area contributed by atoms with Gasteiger partial charge in [0.05, 0.1) is 5.56 Å². The van der Waals surface area contributed by atoms with Crippen molar-refractivity contribution in [2.24, 2.45) is 11.7 Å². The quantitative estimate of drug-likeness (QED) is 0.880. The van der Waals surface area contributed by atoms with Gasteiger partial charge in [-0.1, -0.05) is 6.07 Å². The fourth-order valence-corrected chi connectivity index (χ4v) is 3.71. The van der Waals surface area contributed by atoms with E-state index in [0.29, 0.717) is 11.5 Å². The highest BCUT2D eigenvalue weighted by atomic mass is 19.4. The van der Waals surface area contributed by atoms with Crippen molar-refractivity contribution in [1.29, 1.82) is 0 Å². The van der Waals surface area contributed by atoms with Gasteiger partial charge in [0.25, 0.3) is 0 Å². The lowest BCUT2D eigenvalue weighted by molar-refractivity contribution is -0.138. The summed E-state index contributed by atoms with van der Waals surface area (Å²) in [5.74, 6) is 0.636. The lowest BCUT2D eigenvalue weighted by atomic mass is 9.92. The van der Waals surface area contributed by atoms with Gasteiger partial charge in [-0.15, -0.1) is 0 Å². The van der Waals surface area contributed by atoms with E-state index in [2.05, 4.69) is 4.90 Å². The number of fused-ring (bicyclic) bond motifs is 1. The van der Waals surface area contributed by atoms with Gasteiger partial charge in [-0.3, -0.25) is 0 Å². The maximum Gasteiger partial charge on any atom is 0.416 e. The van der Waals surface area contributed by atoms with E-state index < -0.39 is 11.7 Å². The molecule has 0 spiro atoms. The maximum atomic E-state index is 13.4. The second-order valence-electron chi connectivity index (χ2n) is 6.77. The van der Waals surface area contributed by atoms with Crippen LogP contribution < -0.4 is 10.6 Å². The average molecular weight is 312 g/mol. The first-order valence-electron chi connectivity index (χ1n) is 8.01. The zero-order valence-corrected chi connectivity index (χ0v) is 13.1. The molecule has 1 aromatic rings. The number of benzene rings is 1. The number of nitrogens with two attached hydrogens (primary N) is 1. The van der Waals surface area contributed by atoms with Crippen molar-refractivity contribution in [2.45, 2.75) is 51.7 Å². The second kappa shape index (κ2) is 5.44. The van der Waals surface area contributed by atoms with Crippen LogP contribution in [0, 0.1) is 19.8 Å². The molecule has 0 amide bonds. The lowest BCUT2D eigenvalue weighted by Gasteiger charge is -2.30. The van der Waals surface area contributed by atoms with Gasteiger partial charge in [-0.25, -0.2) is 0 Å². The van der Waals surface area contributed by atoms with Gasteiger partial charge in [0.15, 0.2) is 0 Å². The van der Waals surface area contributed by atoms with Gasteiger partial charge in [0, 0.05) is 24.8 Å². The van der Waals surface area contributed by atoms with Crippen LogP contribution in [-0.4, -0.2) is 13.1 Å². The van der Waals surface area contributed by atoms with Crippen LogP contribution in [0.5, 0.6) is 0 Å². The average Bonchev–Trinajstić information content (AvgIpc) is 3.19. The monoisotopic (exact) mass is 312 g/mol. The van der Waals surface area contributed by atoms with E-state index in [1.807, 2.05) is 0 Å². The largest absolute Gasteiger partial charge is 0.416 e. The van der Waals surface area contributed by atoms with Crippen molar-refractivity contribution in [3.63, 3.8) is 0 Å². The van der Waals surface area contributed by atoms with E-state index in [0.717, 1.165) is 37.2 Å². The number of alkyl halides is 3. The number of hydrogen-bond acceptors (Lipinski definition) is 2. The first-order chi connectivity index (χ1) is 10.3. The van der Waals surface area contributed by atoms with Gasteiger partial charge in [0.1, 0.15) is 0 Å². The predicted molar refractivity (Wildman–Crippen MR) is 82.0 cm³/mol. The molecule has 0 radical (unpaired) electrons. The highest BCUT2D eigenvalue weighted by Crippen LogP contribution is 2.44. The summed E-state index contributed by atoms with van der Waals surface area (Å²) in [6.07, 6.45) is -0.171. The van der Waals surface area contributed by atoms with Crippen molar-refractivity contribution in [2.75, 3.05) is 18.0 Å². The Morgan fingerprint density at radius 1 is 1.23 bits per heavy atom. The highest BCUT2D eigenvalue weighted by molar-refractivity contribution is 5.66. The second-order valence-corrected chi connectivity index (χ2v) is 6.77. The Morgan fingerprint density at radius 2 is 1.91 bits per heavy atom. The molecule has 0 saturated heterocycles. The Kier molecular flexibility index (Phi) is 3.87. The Hall–Kier alpha value is -1.23. The molecule has 122 valence electrons. The van der Waals surface area contributed by atoms with Gasteiger partial charge in [-0.2, -0.15) is 13.2 Å². The third-order valence-corrected chi connectivity index (χ3v) is 4.89. The first-order valence-corrected chi connectivity index (χ1v) is 8.01. The number of rotatable bonds is 2. The van der Waals surface area contributed by atoms with Crippen LogP contribution in [0.15, 0.2) is 6.07 Å². The van der Waals surface area contributed by atoms with Gasteiger partial charge in [0.2, 0.25) is 0 Å². The van der Waals surface area contributed by atoms with Crippen LogP contribution in [0.2, 0.25) is 0 Å². The van der Waals surface area contributed by atoms with Gasteiger partial charge >= 0.3 is 6.18 Å². The van der Waals surface area contributed by atoms with Gasteiger partial charge in [-0.05, 0) is 62.1 Å². The Bertz CT molecular complexity index is 576. The minimum atomic E-state index is -4.31. The number of aryl methyl sites for hydroxylation is 1. The summed E-state index contributed by atoms with van der Waals surface area (Å²) in [7, 11) is 0. The number of nitrogens with zero attached hydrogens (tertiary/aromatic N) is 1. The molecule has 3 rings (SSSR count). The van der Waals surface area contributed by atoms with Crippen molar-refractivity contribution < 1.29 is 13.2 Å². The van der Waals surface area contributed by atoms with E-state index in [4.69, 9.17) is 5.73 Å². The lowest BCUT2D eigenvalue weighted by Crippen LogP contribution is -2.28. The number of halogens is 3. The highest BCUT2D eigenvalue weighted by Gasteiger charge is 2.38. The number of anilines is 1. The first kappa shape index (κ1) is 15.7. The van der Waals surface area contributed by atoms with E-state index in [9.17, 15) is 13.2 Å². The fraction of sp³-hybridized carbons (Fsp3) is 0.647. The predicted octanol–water partition coefficient (Wildman–Crippen LogP) is 4.33. The zero-order chi connectivity index (χ0) is 16.1. The van der Waals surface area contributed by atoms with Crippen molar-refractivity contribution in [3.8, 4) is 0 Å². The molecule has 0 aromatic heterocycles. The van der Waals surface area contributed by atoms with Crippen LogP contribution in [0.1, 0.15) is 54.0 Å². The molecule has 1 aromatic carbocycles. The van der Waals surface area contributed by atoms with E-state index in [1.54, 1.807) is 19.9 Å². The summed E-state index contributed by atoms with van der Waals surface area (Å²) in [6.45, 7) is 4.81. The molecule has 1 fully saturated rings. The molecule has 2 nitrogen and oxygen atoms in total. The Morgan fingerprint density at radius 3 is 2.50 bits per heavy atom. The van der Waals surface area contributed by atoms with Crippen LogP contribution in [-0.2, 0) is 6.18 Å². The molecule has 1 aliphatic heterocycles. The number of hydrogen-bond donors (Lipinski definition) is 1. The minimum absolute atomic E-state index is 0.168. The normalized spacial score (nSPS) is 22.5. The standard InChI is InChI=1S/C17H23F3N2/c1-10-8-13-14(21)4-3-7-22(9-12-5-6-12)16(13)11(2)15(10)17(18,19)20/h8,12,14H,3-7,9,21H2,1-2H3. The van der Waals surface area contributed by atoms with Crippen LogP contribution in [0.4, 0.5) is 18.9 Å². The molecular weight excluding hydrogens is 289 g/mol. The molecule has 1 aliphatic carbocycles. The molecule has 2 N–H and O–H groups in total. The molecular formula is C17H23F3N2. The fourth-order valence-electron chi connectivity index (χ4n) is 3.71. The molecule has 0 bridgehead atoms. The summed E-state index contributed by atoms with van der Waals surface area (Å²) in [5, 5.41) is 0. The third-order valence-electron chi connectivity index (χ3n) is 4.89. The van der Waals surface area contributed by atoms with Crippen LogP contribution >= 0.6 is 0 Å². The van der Waals surface area contributed by atoms with Crippen molar-refractivity contribution in [1.82, 2.24) is 0 Å². The molecule has 2 aliphatic rings. The van der Waals surface area contributed by atoms with Crippen LogP contribution in [0.25, 0.3) is 0 Å². The summed E-state index contributed by atoms with van der Waals surface area (Å²) >= 11 is 0. The smallest absolute Gasteiger partial charge is 0.371 e. The van der Waals surface area contributed by atoms with E-state index >= 15 is 0 Å². The molecule has 1 saturated carbocycles. The van der Waals surface area contributed by atoms with E-state index in [1.165, 1.54) is 12.8 Å². The summed E-state index contributed by atoms with van der Waals surface area (Å²) in [6, 6.07) is 1.50. The van der Waals surface area contributed by atoms with Crippen molar-refractivity contribution in [3.05, 3.63) is 28.3 Å². The summed E-state index contributed by atoms with van der Waals surface area (Å²) in [5.41, 5.74) is 8.03. The molecule has 5 heteroatoms. The molecule has 1 heterocycles. The summed E-state index contributed by atoms with van der Waals surface area (Å²) in [4.78, 5) is 2.16. The minimum Gasteiger partial charge on any atom is -0.371 e. The molecule has 1 atom stereocenters. The topological polar surface area (TPSA) is 29.3 Å².